The number of aryl methyl sites for hydroxylation is 3. The van der Waals surface area contributed by atoms with Crippen LogP contribution in [0.2, 0.25) is 3.63 Å². The molecule has 0 aliphatic heterocycles. The summed E-state index contributed by atoms with van der Waals surface area (Å²) in [6.07, 6.45) is 10.7. The van der Waals surface area contributed by atoms with Gasteiger partial charge in [0.2, 0.25) is 0 Å². The molecule has 2 aliphatic rings. The predicted molar refractivity (Wildman–Crippen MR) is 189 cm³/mol. The van der Waals surface area contributed by atoms with E-state index in [-0.39, 0.29) is 35.6 Å². The Morgan fingerprint density at radius 3 is 1.67 bits per heavy atom. The molecule has 4 aromatic rings. The minimum atomic E-state index is -2.74. The number of rotatable bonds is 4. The first kappa shape index (κ1) is 36.5. The van der Waals surface area contributed by atoms with E-state index in [0.29, 0.717) is 3.63 Å². The van der Waals surface area contributed by atoms with Crippen LogP contribution in [0.1, 0.15) is 97.2 Å². The molecule has 0 nitrogen and oxygen atoms in total. The van der Waals surface area contributed by atoms with Crippen molar-refractivity contribution in [3.8, 4) is 11.1 Å². The summed E-state index contributed by atoms with van der Waals surface area (Å²) in [6.45, 7) is 23.5. The molecule has 0 saturated carbocycles. The maximum Gasteiger partial charge on any atom is -1.00 e. The van der Waals surface area contributed by atoms with Crippen molar-refractivity contribution in [2.75, 3.05) is 0 Å². The van der Waals surface area contributed by atoms with Crippen molar-refractivity contribution in [3.05, 3.63) is 147 Å². The summed E-state index contributed by atoms with van der Waals surface area (Å²) < 4.78 is 3.82. The third kappa shape index (κ3) is 6.81. The summed E-state index contributed by atoms with van der Waals surface area (Å²) in [4.78, 5) is 0. The second-order valence-corrected chi connectivity index (χ2v) is 21.4. The number of hydrogen-bond acceptors (Lipinski definition) is 0. The van der Waals surface area contributed by atoms with Crippen molar-refractivity contribution < 1.29 is 46.1 Å². The normalized spacial score (nSPS) is 13.4. The minimum absolute atomic E-state index is 0. The fourth-order valence-electron chi connectivity index (χ4n) is 7.73. The Kier molecular flexibility index (Phi) is 10.9. The molecule has 0 aromatic heterocycles. The maximum absolute atomic E-state index is 2.74. The molecule has 3 heteroatoms. The van der Waals surface area contributed by atoms with Crippen LogP contribution in [0.4, 0.5) is 0 Å². The van der Waals surface area contributed by atoms with Gasteiger partial charge in [-0.2, -0.15) is 0 Å². The molecule has 2 aliphatic carbocycles. The smallest absolute Gasteiger partial charge is 1.00 e. The second kappa shape index (κ2) is 13.7. The van der Waals surface area contributed by atoms with Crippen LogP contribution in [0, 0.1) is 27.7 Å². The zero-order chi connectivity index (χ0) is 31.6. The minimum Gasteiger partial charge on any atom is -1.00 e. The third-order valence-corrected chi connectivity index (χ3v) is 18.0. The molecular formula is C43H48Cl2Zr. The van der Waals surface area contributed by atoms with E-state index in [0.717, 1.165) is 6.42 Å². The molecule has 0 saturated heterocycles. The molecule has 0 fully saturated rings. The van der Waals surface area contributed by atoms with Gasteiger partial charge in [-0.3, -0.25) is 0 Å². The summed E-state index contributed by atoms with van der Waals surface area (Å²) in [5.74, 6) is 0. The van der Waals surface area contributed by atoms with E-state index in [1.165, 1.54) is 61.2 Å². The van der Waals surface area contributed by atoms with Crippen molar-refractivity contribution in [3.63, 3.8) is 0 Å². The van der Waals surface area contributed by atoms with Crippen molar-refractivity contribution in [1.29, 1.82) is 0 Å². The Labute approximate surface area is 298 Å². The van der Waals surface area contributed by atoms with E-state index < -0.39 is 21.3 Å². The van der Waals surface area contributed by atoms with E-state index in [9.17, 15) is 0 Å². The van der Waals surface area contributed by atoms with E-state index in [2.05, 4.69) is 160 Å². The van der Waals surface area contributed by atoms with Gasteiger partial charge in [-0.25, -0.2) is 0 Å². The summed E-state index contributed by atoms with van der Waals surface area (Å²) in [5, 5.41) is 0. The molecule has 0 radical (unpaired) electrons. The molecule has 0 bridgehead atoms. The number of hydrogen-bond donors (Lipinski definition) is 0. The third-order valence-electron chi connectivity index (χ3n) is 9.65. The molecule has 4 aromatic carbocycles. The van der Waals surface area contributed by atoms with Gasteiger partial charge in [-0.15, -0.1) is 0 Å². The molecule has 6 rings (SSSR count). The van der Waals surface area contributed by atoms with Crippen LogP contribution in [0.5, 0.6) is 0 Å². The number of benzene rings is 4. The Balaban J connectivity index is 0.00000240. The van der Waals surface area contributed by atoms with Gasteiger partial charge in [0.05, 0.1) is 0 Å². The van der Waals surface area contributed by atoms with Crippen LogP contribution < -0.4 is 28.1 Å². The van der Waals surface area contributed by atoms with Crippen LogP contribution in [0.15, 0.2) is 91.0 Å². The second-order valence-electron chi connectivity index (χ2n) is 15.3. The first-order chi connectivity index (χ1) is 20.7. The SMILES string of the molecule is Cc1cccc([C](c2cccc(C)c2)=[Zr+2]([c]2c(C)c(C(C)(C)C)cc3c2Cc2cc(C)c(C(C)(C)C)cc2-3)[CH]2C=CC=C2)c1.[Cl-].[Cl-]. The molecule has 0 spiro atoms. The molecule has 46 heavy (non-hydrogen) atoms. The largest absolute Gasteiger partial charge is 1.00 e. The zero-order valence-electron chi connectivity index (χ0n) is 29.2. The Bertz CT molecular complexity index is 1830. The first-order valence-corrected chi connectivity index (χ1v) is 20.2. The van der Waals surface area contributed by atoms with Crippen LogP contribution in [-0.2, 0) is 38.5 Å². The van der Waals surface area contributed by atoms with Crippen molar-refractivity contribution >= 4 is 6.48 Å². The quantitative estimate of drug-likeness (QED) is 0.256. The molecule has 0 heterocycles. The molecule has 0 amide bonds. The number of allylic oxidation sites excluding steroid dienone is 4. The number of halogens is 2. The van der Waals surface area contributed by atoms with Crippen molar-refractivity contribution in [2.45, 2.75) is 90.1 Å². The van der Waals surface area contributed by atoms with E-state index in [1.807, 2.05) is 0 Å². The van der Waals surface area contributed by atoms with Crippen molar-refractivity contribution in [2.24, 2.45) is 0 Å². The van der Waals surface area contributed by atoms with Gasteiger partial charge in [-0.05, 0) is 0 Å². The Hall–Kier alpha value is -2.31. The van der Waals surface area contributed by atoms with Crippen LogP contribution in [0.3, 0.4) is 0 Å². The fourth-order valence-corrected chi connectivity index (χ4v) is 16.4. The molecule has 238 valence electrons. The predicted octanol–water partition coefficient (Wildman–Crippen LogP) is 4.52. The zero-order valence-corrected chi connectivity index (χ0v) is 33.2. The van der Waals surface area contributed by atoms with Crippen LogP contribution >= 0.6 is 0 Å². The van der Waals surface area contributed by atoms with E-state index >= 15 is 0 Å². The molecule has 0 N–H and O–H groups in total. The van der Waals surface area contributed by atoms with Crippen LogP contribution in [0.25, 0.3) is 11.1 Å². The molecule has 0 unspecified atom stereocenters. The Morgan fingerprint density at radius 2 is 1.17 bits per heavy atom. The van der Waals surface area contributed by atoms with Gasteiger partial charge in [-0.1, -0.05) is 0 Å². The van der Waals surface area contributed by atoms with Gasteiger partial charge in [0.1, 0.15) is 0 Å². The van der Waals surface area contributed by atoms with Gasteiger partial charge in [0.15, 0.2) is 0 Å². The van der Waals surface area contributed by atoms with Crippen molar-refractivity contribution in [1.82, 2.24) is 0 Å². The first-order valence-electron chi connectivity index (χ1n) is 16.3. The standard InChI is InChI=1S/C23H29.C15H14.C5H5.2ClH.Zr/c1-14-9-16-11-17-10-15(2)21(23(6,7)8)13-19(17)18(16)12-20(14)22(3,4)5;1-12-5-3-7-14(9-12)11-15-8-4-6-13(2)10-15;1-2-4-5-3-1;;;/h9,12-13H,11H2,1-8H3;3-10H,1-2H3;1-5H;2*1H;/q;;;;;+2/p-2. The summed E-state index contributed by atoms with van der Waals surface area (Å²) >= 11 is -2.74. The van der Waals surface area contributed by atoms with E-state index in [1.54, 1.807) is 12.0 Å². The average Bonchev–Trinajstić information content (AvgIpc) is 3.58. The molecule has 0 atom stereocenters. The topological polar surface area (TPSA) is 0 Å². The van der Waals surface area contributed by atoms with Gasteiger partial charge in [0, 0.05) is 0 Å². The summed E-state index contributed by atoms with van der Waals surface area (Å²) in [5.41, 5.74) is 17.7. The van der Waals surface area contributed by atoms with Gasteiger partial charge in [0.25, 0.3) is 0 Å². The fraction of sp³-hybridized carbons (Fsp3) is 0.326. The van der Waals surface area contributed by atoms with Gasteiger partial charge < -0.3 is 24.8 Å². The van der Waals surface area contributed by atoms with Gasteiger partial charge >= 0.3 is 276 Å². The molecular weight excluding hydrogens is 679 g/mol. The summed E-state index contributed by atoms with van der Waals surface area (Å²) in [7, 11) is 0. The monoisotopic (exact) mass is 724 g/mol. The summed E-state index contributed by atoms with van der Waals surface area (Å²) in [6, 6.07) is 26.3. The average molecular weight is 727 g/mol. The Morgan fingerprint density at radius 1 is 0.652 bits per heavy atom. The number of fused-ring (bicyclic) bond motifs is 3. The van der Waals surface area contributed by atoms with E-state index in [4.69, 9.17) is 0 Å². The van der Waals surface area contributed by atoms with Crippen LogP contribution in [-0.4, -0.2) is 3.21 Å². The maximum atomic E-state index is 2.59.